The highest BCUT2D eigenvalue weighted by molar-refractivity contribution is 5.14. The van der Waals surface area contributed by atoms with Gasteiger partial charge in [-0.1, -0.05) is 30.3 Å². The molecule has 1 aliphatic rings. The highest BCUT2D eigenvalue weighted by atomic mass is 14.9. The molecule has 1 aromatic rings. The molecule has 0 unspecified atom stereocenters. The molecule has 0 amide bonds. The van der Waals surface area contributed by atoms with Gasteiger partial charge in [-0.2, -0.15) is 0 Å². The van der Waals surface area contributed by atoms with Crippen molar-refractivity contribution in [3.05, 3.63) is 35.9 Å². The summed E-state index contributed by atoms with van der Waals surface area (Å²) in [5, 5.41) is 3.53. The fraction of sp³-hybridized carbons (Fsp3) is 0.500. The van der Waals surface area contributed by atoms with Gasteiger partial charge in [0.1, 0.15) is 0 Å². The summed E-state index contributed by atoms with van der Waals surface area (Å²) in [5.74, 6) is 0. The fourth-order valence-electron chi connectivity index (χ4n) is 1.99. The number of aryl methyl sites for hydroxylation is 1. The first kappa shape index (κ1) is 8.76. The number of nitrogens with one attached hydrogen (secondary N) is 1. The van der Waals surface area contributed by atoms with E-state index >= 15 is 0 Å². The molecule has 0 bridgehead atoms. The van der Waals surface area contributed by atoms with Gasteiger partial charge in [-0.15, -0.1) is 0 Å². The third-order valence-electron chi connectivity index (χ3n) is 2.79. The summed E-state index contributed by atoms with van der Waals surface area (Å²) in [6.07, 6.45) is 5.24. The highest BCUT2D eigenvalue weighted by Crippen LogP contribution is 2.12. The van der Waals surface area contributed by atoms with Crippen LogP contribution in [-0.2, 0) is 6.42 Å². The second kappa shape index (κ2) is 4.43. The minimum atomic E-state index is 0.778. The molecule has 0 radical (unpaired) electrons. The lowest BCUT2D eigenvalue weighted by Crippen LogP contribution is -2.21. The molecule has 1 N–H and O–H groups in total. The predicted molar refractivity (Wildman–Crippen MR) is 55.8 cm³/mol. The van der Waals surface area contributed by atoms with Gasteiger partial charge in [0.25, 0.3) is 0 Å². The molecule has 1 heteroatoms. The van der Waals surface area contributed by atoms with Crippen LogP contribution in [0.5, 0.6) is 0 Å². The lowest BCUT2D eigenvalue weighted by molar-refractivity contribution is 0.559. The Hall–Kier alpha value is -0.820. The Labute approximate surface area is 80.2 Å². The summed E-state index contributed by atoms with van der Waals surface area (Å²) < 4.78 is 0. The van der Waals surface area contributed by atoms with E-state index in [1.165, 1.54) is 37.8 Å². The fourth-order valence-corrected chi connectivity index (χ4v) is 1.99. The van der Waals surface area contributed by atoms with Crippen molar-refractivity contribution in [3.63, 3.8) is 0 Å². The van der Waals surface area contributed by atoms with E-state index in [1.54, 1.807) is 0 Å². The Morgan fingerprint density at radius 3 is 2.77 bits per heavy atom. The summed E-state index contributed by atoms with van der Waals surface area (Å²) in [6, 6.07) is 11.5. The third kappa shape index (κ3) is 2.56. The van der Waals surface area contributed by atoms with Crippen molar-refractivity contribution in [2.75, 3.05) is 6.54 Å². The Bertz CT molecular complexity index is 237. The van der Waals surface area contributed by atoms with Crippen molar-refractivity contribution in [3.8, 4) is 0 Å². The van der Waals surface area contributed by atoms with Crippen molar-refractivity contribution in [2.45, 2.75) is 31.7 Å². The van der Waals surface area contributed by atoms with Gasteiger partial charge in [-0.05, 0) is 37.8 Å². The quantitative estimate of drug-likeness (QED) is 0.743. The van der Waals surface area contributed by atoms with Crippen LogP contribution in [0, 0.1) is 0 Å². The SMILES string of the molecule is c1ccc(CC[C@H]2CCCN2)cc1. The zero-order valence-electron chi connectivity index (χ0n) is 8.00. The van der Waals surface area contributed by atoms with Crippen LogP contribution in [-0.4, -0.2) is 12.6 Å². The molecule has 0 spiro atoms. The van der Waals surface area contributed by atoms with Crippen LogP contribution in [0.1, 0.15) is 24.8 Å². The molecule has 1 aromatic carbocycles. The second-order valence-electron chi connectivity index (χ2n) is 3.82. The van der Waals surface area contributed by atoms with Crippen molar-refractivity contribution in [1.29, 1.82) is 0 Å². The van der Waals surface area contributed by atoms with Gasteiger partial charge in [0, 0.05) is 6.04 Å². The van der Waals surface area contributed by atoms with Gasteiger partial charge >= 0.3 is 0 Å². The van der Waals surface area contributed by atoms with Gasteiger partial charge < -0.3 is 5.32 Å². The van der Waals surface area contributed by atoms with Crippen LogP contribution in [0.3, 0.4) is 0 Å². The first-order valence-electron chi connectivity index (χ1n) is 5.22. The normalized spacial score (nSPS) is 22.0. The molecular formula is C12H17N. The molecule has 1 aliphatic heterocycles. The summed E-state index contributed by atoms with van der Waals surface area (Å²) in [7, 11) is 0. The van der Waals surface area contributed by atoms with Crippen molar-refractivity contribution < 1.29 is 0 Å². The van der Waals surface area contributed by atoms with Crippen molar-refractivity contribution in [1.82, 2.24) is 5.32 Å². The Kier molecular flexibility index (Phi) is 2.98. The monoisotopic (exact) mass is 175 g/mol. The molecule has 0 aliphatic carbocycles. The topological polar surface area (TPSA) is 12.0 Å². The van der Waals surface area contributed by atoms with Crippen LogP contribution in [0.15, 0.2) is 30.3 Å². The third-order valence-corrected chi connectivity index (χ3v) is 2.79. The van der Waals surface area contributed by atoms with E-state index in [0.717, 1.165) is 6.04 Å². The van der Waals surface area contributed by atoms with Crippen molar-refractivity contribution in [2.24, 2.45) is 0 Å². The van der Waals surface area contributed by atoms with E-state index in [9.17, 15) is 0 Å². The molecule has 1 heterocycles. The average Bonchev–Trinajstić information content (AvgIpc) is 2.69. The molecule has 1 fully saturated rings. The summed E-state index contributed by atoms with van der Waals surface area (Å²) in [6.45, 7) is 1.22. The Balaban J connectivity index is 1.79. The van der Waals surface area contributed by atoms with Gasteiger partial charge in [-0.25, -0.2) is 0 Å². The van der Waals surface area contributed by atoms with E-state index in [0.29, 0.717) is 0 Å². The maximum Gasteiger partial charge on any atom is 0.00707 e. The lowest BCUT2D eigenvalue weighted by Gasteiger charge is -2.09. The predicted octanol–water partition coefficient (Wildman–Crippen LogP) is 2.37. The van der Waals surface area contributed by atoms with Crippen LogP contribution in [0.25, 0.3) is 0 Å². The van der Waals surface area contributed by atoms with E-state index < -0.39 is 0 Å². The van der Waals surface area contributed by atoms with E-state index in [4.69, 9.17) is 0 Å². The van der Waals surface area contributed by atoms with E-state index in [1.807, 2.05) is 0 Å². The van der Waals surface area contributed by atoms with Crippen LogP contribution in [0.4, 0.5) is 0 Å². The average molecular weight is 175 g/mol. The second-order valence-corrected chi connectivity index (χ2v) is 3.82. The Morgan fingerprint density at radius 2 is 2.08 bits per heavy atom. The van der Waals surface area contributed by atoms with Gasteiger partial charge in [-0.3, -0.25) is 0 Å². The molecule has 13 heavy (non-hydrogen) atoms. The highest BCUT2D eigenvalue weighted by Gasteiger charge is 2.12. The molecule has 2 rings (SSSR count). The minimum absolute atomic E-state index is 0.778. The number of hydrogen-bond acceptors (Lipinski definition) is 1. The molecule has 1 atom stereocenters. The van der Waals surface area contributed by atoms with Crippen LogP contribution < -0.4 is 5.32 Å². The summed E-state index contributed by atoms with van der Waals surface area (Å²) >= 11 is 0. The molecule has 0 aromatic heterocycles. The first-order chi connectivity index (χ1) is 6.45. The molecule has 1 nitrogen and oxygen atoms in total. The van der Waals surface area contributed by atoms with E-state index in [-0.39, 0.29) is 0 Å². The summed E-state index contributed by atoms with van der Waals surface area (Å²) in [5.41, 5.74) is 1.47. The van der Waals surface area contributed by atoms with Crippen LogP contribution >= 0.6 is 0 Å². The Morgan fingerprint density at radius 1 is 1.23 bits per heavy atom. The zero-order chi connectivity index (χ0) is 8.93. The first-order valence-corrected chi connectivity index (χ1v) is 5.22. The minimum Gasteiger partial charge on any atom is -0.314 e. The largest absolute Gasteiger partial charge is 0.314 e. The van der Waals surface area contributed by atoms with Gasteiger partial charge in [0.2, 0.25) is 0 Å². The lowest BCUT2D eigenvalue weighted by atomic mass is 10.0. The standard InChI is InChI=1S/C12H17N/c1-2-5-11(6-3-1)8-9-12-7-4-10-13-12/h1-3,5-6,12-13H,4,7-10H2/t12-/m1/s1. The number of hydrogen-bond donors (Lipinski definition) is 1. The summed E-state index contributed by atoms with van der Waals surface area (Å²) in [4.78, 5) is 0. The van der Waals surface area contributed by atoms with Crippen LogP contribution in [0.2, 0.25) is 0 Å². The smallest absolute Gasteiger partial charge is 0.00707 e. The van der Waals surface area contributed by atoms with E-state index in [2.05, 4.69) is 35.6 Å². The maximum absolute atomic E-state index is 3.53. The maximum atomic E-state index is 3.53. The zero-order valence-corrected chi connectivity index (χ0v) is 8.00. The molecule has 1 saturated heterocycles. The molecular weight excluding hydrogens is 158 g/mol. The number of rotatable bonds is 3. The van der Waals surface area contributed by atoms with Gasteiger partial charge in [0.05, 0.1) is 0 Å². The molecule has 0 saturated carbocycles. The molecule has 70 valence electrons. The van der Waals surface area contributed by atoms with Crippen molar-refractivity contribution >= 4 is 0 Å². The van der Waals surface area contributed by atoms with Gasteiger partial charge in [0.15, 0.2) is 0 Å². The number of benzene rings is 1.